The molecule has 136 valence electrons. The van der Waals surface area contributed by atoms with E-state index in [0.717, 1.165) is 26.2 Å². The van der Waals surface area contributed by atoms with E-state index in [1.807, 2.05) is 0 Å². The minimum atomic E-state index is -0.317. The summed E-state index contributed by atoms with van der Waals surface area (Å²) in [5.41, 5.74) is 1.51. The van der Waals surface area contributed by atoms with Crippen molar-refractivity contribution in [3.8, 4) is 0 Å². The maximum atomic E-state index is 12.5. The molecule has 0 atom stereocenters. The van der Waals surface area contributed by atoms with E-state index >= 15 is 0 Å². The maximum absolute atomic E-state index is 12.5. The lowest BCUT2D eigenvalue weighted by atomic mass is 10.2. The van der Waals surface area contributed by atoms with Gasteiger partial charge in [-0.05, 0) is 31.3 Å². The number of likely N-dealkylation sites (N-methyl/N-ethyl adjacent to an activating group) is 1. The van der Waals surface area contributed by atoms with Crippen molar-refractivity contribution in [3.63, 3.8) is 0 Å². The van der Waals surface area contributed by atoms with Crippen molar-refractivity contribution in [2.24, 2.45) is 0 Å². The first kappa shape index (κ1) is 17.8. The fourth-order valence-corrected chi connectivity index (χ4v) is 2.71. The first-order chi connectivity index (χ1) is 12.5. The van der Waals surface area contributed by atoms with Crippen LogP contribution in [-0.4, -0.2) is 59.9 Å². The van der Waals surface area contributed by atoms with Crippen molar-refractivity contribution in [3.05, 3.63) is 42.2 Å². The third-order valence-corrected chi connectivity index (χ3v) is 4.10. The summed E-state index contributed by atoms with van der Waals surface area (Å²) in [6.07, 6.45) is 1.60. The second kappa shape index (κ2) is 7.92. The number of nitrogens with one attached hydrogen (secondary N) is 2. The van der Waals surface area contributed by atoms with Gasteiger partial charge in [-0.2, -0.15) is 0 Å². The Labute approximate surface area is 152 Å². The van der Waals surface area contributed by atoms with Gasteiger partial charge >= 0.3 is 0 Å². The molecule has 2 heterocycles. The van der Waals surface area contributed by atoms with Crippen LogP contribution in [0.3, 0.4) is 0 Å². The molecule has 0 unspecified atom stereocenters. The van der Waals surface area contributed by atoms with Crippen molar-refractivity contribution < 1.29 is 9.59 Å². The van der Waals surface area contributed by atoms with Crippen LogP contribution in [0, 0.1) is 0 Å². The number of amides is 2. The first-order valence-corrected chi connectivity index (χ1v) is 8.47. The van der Waals surface area contributed by atoms with E-state index < -0.39 is 0 Å². The molecule has 1 aromatic heterocycles. The van der Waals surface area contributed by atoms with Crippen molar-refractivity contribution in [1.82, 2.24) is 14.9 Å². The SMILES string of the molecule is CC(=O)Nc1cccc(NC(=O)c2ccnc(N3CCN(C)CC3)n2)c1. The second-order valence-electron chi connectivity index (χ2n) is 6.25. The van der Waals surface area contributed by atoms with Crippen LogP contribution < -0.4 is 15.5 Å². The number of nitrogens with zero attached hydrogens (tertiary/aromatic N) is 4. The van der Waals surface area contributed by atoms with Crippen LogP contribution in [0.1, 0.15) is 17.4 Å². The second-order valence-corrected chi connectivity index (χ2v) is 6.25. The van der Waals surface area contributed by atoms with Gasteiger partial charge in [-0.3, -0.25) is 9.59 Å². The standard InChI is InChI=1S/C18H22N6O2/c1-13(25)20-14-4-3-5-15(12-14)21-17(26)16-6-7-19-18(22-16)24-10-8-23(2)9-11-24/h3-7,12H,8-11H2,1-2H3,(H,20,25)(H,21,26). The van der Waals surface area contributed by atoms with Crippen molar-refractivity contribution in [2.75, 3.05) is 48.8 Å². The predicted molar refractivity (Wildman–Crippen MR) is 100 cm³/mol. The Morgan fingerprint density at radius 3 is 2.42 bits per heavy atom. The topological polar surface area (TPSA) is 90.5 Å². The van der Waals surface area contributed by atoms with Gasteiger partial charge in [0.15, 0.2) is 0 Å². The smallest absolute Gasteiger partial charge is 0.274 e. The largest absolute Gasteiger partial charge is 0.338 e. The van der Waals surface area contributed by atoms with Gasteiger partial charge in [-0.1, -0.05) is 6.07 Å². The Morgan fingerprint density at radius 2 is 1.73 bits per heavy atom. The Morgan fingerprint density at radius 1 is 1.04 bits per heavy atom. The zero-order valence-corrected chi connectivity index (χ0v) is 14.9. The number of rotatable bonds is 4. The molecule has 2 aromatic rings. The number of hydrogen-bond acceptors (Lipinski definition) is 6. The fourth-order valence-electron chi connectivity index (χ4n) is 2.71. The van der Waals surface area contributed by atoms with Gasteiger partial charge in [0.2, 0.25) is 11.9 Å². The summed E-state index contributed by atoms with van der Waals surface area (Å²) in [6, 6.07) is 8.56. The van der Waals surface area contributed by atoms with Crippen LogP contribution in [0.15, 0.2) is 36.5 Å². The lowest BCUT2D eigenvalue weighted by Gasteiger charge is -2.32. The van der Waals surface area contributed by atoms with E-state index in [1.165, 1.54) is 6.92 Å². The molecule has 1 fully saturated rings. The number of aromatic nitrogens is 2. The molecule has 2 N–H and O–H groups in total. The highest BCUT2D eigenvalue weighted by molar-refractivity contribution is 6.03. The minimum absolute atomic E-state index is 0.166. The molecule has 0 bridgehead atoms. The van der Waals surface area contributed by atoms with Crippen LogP contribution in [0.4, 0.5) is 17.3 Å². The molecule has 1 aliphatic rings. The average Bonchev–Trinajstić information content (AvgIpc) is 2.62. The van der Waals surface area contributed by atoms with Crippen LogP contribution >= 0.6 is 0 Å². The molecule has 0 spiro atoms. The van der Waals surface area contributed by atoms with E-state index in [0.29, 0.717) is 23.0 Å². The van der Waals surface area contributed by atoms with Gasteiger partial charge in [-0.25, -0.2) is 9.97 Å². The predicted octanol–water partition coefficient (Wildman–Crippen LogP) is 1.44. The highest BCUT2D eigenvalue weighted by atomic mass is 16.2. The molecule has 1 aromatic carbocycles. The number of hydrogen-bond donors (Lipinski definition) is 2. The number of carbonyl (C=O) groups is 2. The Bertz CT molecular complexity index is 802. The van der Waals surface area contributed by atoms with Gasteiger partial charge in [0.1, 0.15) is 5.69 Å². The molecule has 8 heteroatoms. The Balaban J connectivity index is 1.70. The monoisotopic (exact) mass is 354 g/mol. The Hall–Kier alpha value is -3.00. The molecule has 1 aliphatic heterocycles. The van der Waals surface area contributed by atoms with Gasteiger partial charge in [-0.15, -0.1) is 0 Å². The third kappa shape index (κ3) is 4.54. The maximum Gasteiger partial charge on any atom is 0.274 e. The Kier molecular flexibility index (Phi) is 5.43. The summed E-state index contributed by atoms with van der Waals surface area (Å²) in [5.74, 6) is 0.0848. The summed E-state index contributed by atoms with van der Waals surface area (Å²) < 4.78 is 0. The molecule has 2 amide bonds. The van der Waals surface area contributed by atoms with Crippen LogP contribution in [0.2, 0.25) is 0 Å². The fraction of sp³-hybridized carbons (Fsp3) is 0.333. The summed E-state index contributed by atoms with van der Waals surface area (Å²) in [5, 5.41) is 5.49. The number of carbonyl (C=O) groups excluding carboxylic acids is 2. The number of benzene rings is 1. The molecule has 1 saturated heterocycles. The zero-order valence-electron chi connectivity index (χ0n) is 14.9. The first-order valence-electron chi connectivity index (χ1n) is 8.47. The highest BCUT2D eigenvalue weighted by Gasteiger charge is 2.18. The highest BCUT2D eigenvalue weighted by Crippen LogP contribution is 2.16. The minimum Gasteiger partial charge on any atom is -0.338 e. The van der Waals surface area contributed by atoms with E-state index in [4.69, 9.17) is 0 Å². The van der Waals surface area contributed by atoms with Crippen LogP contribution in [-0.2, 0) is 4.79 Å². The normalized spacial score (nSPS) is 14.8. The van der Waals surface area contributed by atoms with Crippen molar-refractivity contribution in [2.45, 2.75) is 6.92 Å². The molecular weight excluding hydrogens is 332 g/mol. The van der Waals surface area contributed by atoms with E-state index in [2.05, 4.69) is 37.4 Å². The summed E-state index contributed by atoms with van der Waals surface area (Å²) in [7, 11) is 2.08. The van der Waals surface area contributed by atoms with Gasteiger partial charge in [0, 0.05) is 50.7 Å². The van der Waals surface area contributed by atoms with E-state index in [9.17, 15) is 9.59 Å². The summed E-state index contributed by atoms with van der Waals surface area (Å²) in [4.78, 5) is 36.7. The molecule has 0 radical (unpaired) electrons. The summed E-state index contributed by atoms with van der Waals surface area (Å²) >= 11 is 0. The van der Waals surface area contributed by atoms with Crippen molar-refractivity contribution in [1.29, 1.82) is 0 Å². The molecule has 0 saturated carbocycles. The quantitative estimate of drug-likeness (QED) is 0.863. The van der Waals surface area contributed by atoms with Gasteiger partial charge < -0.3 is 20.4 Å². The van der Waals surface area contributed by atoms with Crippen molar-refractivity contribution >= 4 is 29.1 Å². The lowest BCUT2D eigenvalue weighted by molar-refractivity contribution is -0.114. The van der Waals surface area contributed by atoms with E-state index in [-0.39, 0.29) is 11.8 Å². The summed E-state index contributed by atoms with van der Waals surface area (Å²) in [6.45, 7) is 4.98. The van der Waals surface area contributed by atoms with Crippen LogP contribution in [0.5, 0.6) is 0 Å². The molecule has 26 heavy (non-hydrogen) atoms. The zero-order chi connectivity index (χ0) is 18.5. The molecule has 8 nitrogen and oxygen atoms in total. The number of piperazine rings is 1. The van der Waals surface area contributed by atoms with E-state index in [1.54, 1.807) is 36.5 Å². The van der Waals surface area contributed by atoms with Gasteiger partial charge in [0.05, 0.1) is 0 Å². The molecular formula is C18H22N6O2. The lowest BCUT2D eigenvalue weighted by Crippen LogP contribution is -2.45. The molecule has 0 aliphatic carbocycles. The molecule has 3 rings (SSSR count). The van der Waals surface area contributed by atoms with Crippen LogP contribution in [0.25, 0.3) is 0 Å². The number of anilines is 3. The van der Waals surface area contributed by atoms with Gasteiger partial charge in [0.25, 0.3) is 5.91 Å². The third-order valence-electron chi connectivity index (χ3n) is 4.10. The average molecular weight is 354 g/mol.